The molecule has 8 heteroatoms. The molecule has 7 nitrogen and oxygen atoms in total. The zero-order chi connectivity index (χ0) is 29.6. The zero-order valence-electron chi connectivity index (χ0n) is 25.2. The molecule has 0 radical (unpaired) electrons. The monoisotopic (exact) mass is 597 g/mol. The molecule has 2 saturated heterocycles. The van der Waals surface area contributed by atoms with E-state index < -0.39 is 0 Å². The molecule has 0 saturated carbocycles. The second-order valence-corrected chi connectivity index (χ2v) is 13.4. The average Bonchev–Trinajstić information content (AvgIpc) is 3.41. The molecule has 43 heavy (non-hydrogen) atoms. The van der Waals surface area contributed by atoms with Gasteiger partial charge < -0.3 is 10.2 Å². The van der Waals surface area contributed by atoms with E-state index in [0.29, 0.717) is 16.1 Å². The topological polar surface area (TPSA) is 77.0 Å². The molecule has 3 heterocycles. The first-order valence-corrected chi connectivity index (χ1v) is 16.8. The molecule has 2 fully saturated rings. The van der Waals surface area contributed by atoms with Crippen LogP contribution in [0.2, 0.25) is 0 Å². The van der Waals surface area contributed by atoms with Gasteiger partial charge in [0.2, 0.25) is 0 Å². The second kappa shape index (κ2) is 14.0. The third kappa shape index (κ3) is 7.43. The van der Waals surface area contributed by atoms with Gasteiger partial charge in [-0.3, -0.25) is 14.5 Å². The normalized spacial score (nSPS) is 18.4. The van der Waals surface area contributed by atoms with Crippen LogP contribution in [0.25, 0.3) is 0 Å². The highest BCUT2D eigenvalue weighted by atomic mass is 32.1. The zero-order valence-corrected chi connectivity index (χ0v) is 26.1. The number of nitrogens with one attached hydrogen (secondary N) is 2. The molecule has 0 atom stereocenters. The molecule has 2 aliphatic heterocycles. The van der Waals surface area contributed by atoms with E-state index in [0.717, 1.165) is 68.0 Å². The SMILES string of the molecule is Cc1ccc(C=NNC(=O)c2c(NC(=O)c3cccc(CN4CCC(N5CCCCC5)CC4)c3)sc3c2CCCC3)cc1. The number of anilines is 1. The van der Waals surface area contributed by atoms with Crippen molar-refractivity contribution in [2.24, 2.45) is 5.10 Å². The lowest BCUT2D eigenvalue weighted by Crippen LogP contribution is -2.46. The van der Waals surface area contributed by atoms with Gasteiger partial charge >= 0.3 is 0 Å². The molecule has 1 aliphatic carbocycles. The van der Waals surface area contributed by atoms with Gasteiger partial charge in [-0.25, -0.2) is 5.43 Å². The molecule has 2 N–H and O–H groups in total. The van der Waals surface area contributed by atoms with Gasteiger partial charge in [0.25, 0.3) is 11.8 Å². The minimum Gasteiger partial charge on any atom is -0.313 e. The number of benzene rings is 2. The van der Waals surface area contributed by atoms with Crippen LogP contribution in [0.3, 0.4) is 0 Å². The van der Waals surface area contributed by atoms with Gasteiger partial charge in [-0.1, -0.05) is 48.4 Å². The standard InChI is InChI=1S/C35H43N5O2S/c1-25-12-14-26(15-13-25)23-36-38-34(42)32-30-10-3-4-11-31(30)43-35(32)37-33(41)28-9-7-8-27(22-28)24-39-20-16-29(17-21-39)40-18-5-2-6-19-40/h7-9,12-15,22-23,29H,2-6,10-11,16-21,24H2,1H3,(H,37,41)(H,38,42). The summed E-state index contributed by atoms with van der Waals surface area (Å²) in [5.41, 5.74) is 8.17. The lowest BCUT2D eigenvalue weighted by molar-refractivity contribution is 0.0896. The number of likely N-dealkylation sites (tertiary alicyclic amines) is 2. The lowest BCUT2D eigenvalue weighted by Gasteiger charge is -2.40. The Balaban J connectivity index is 1.10. The first-order chi connectivity index (χ1) is 21.0. The number of carbonyl (C=O) groups excluding carboxylic acids is 2. The molecular weight excluding hydrogens is 554 g/mol. The maximum atomic E-state index is 13.5. The Morgan fingerprint density at radius 2 is 1.70 bits per heavy atom. The lowest BCUT2D eigenvalue weighted by atomic mass is 9.95. The Labute approximate surface area is 259 Å². The molecule has 2 amide bonds. The Hall–Kier alpha value is -3.33. The van der Waals surface area contributed by atoms with Crippen molar-refractivity contribution in [1.29, 1.82) is 0 Å². The number of carbonyl (C=O) groups is 2. The Morgan fingerprint density at radius 3 is 2.49 bits per heavy atom. The first kappa shape index (κ1) is 29.7. The van der Waals surface area contributed by atoms with Crippen LogP contribution < -0.4 is 10.7 Å². The molecule has 0 bridgehead atoms. The van der Waals surface area contributed by atoms with E-state index in [4.69, 9.17) is 0 Å². The van der Waals surface area contributed by atoms with Gasteiger partial charge in [0.15, 0.2) is 0 Å². The van der Waals surface area contributed by atoms with Crippen molar-refractivity contribution in [2.45, 2.75) is 77.3 Å². The summed E-state index contributed by atoms with van der Waals surface area (Å²) in [4.78, 5) is 33.3. The van der Waals surface area contributed by atoms with Gasteiger partial charge in [-0.05, 0) is 113 Å². The third-order valence-corrected chi connectivity index (χ3v) is 10.3. The minimum absolute atomic E-state index is 0.179. The fraction of sp³-hybridized carbons (Fsp3) is 0.457. The molecule has 6 rings (SSSR count). The van der Waals surface area contributed by atoms with Crippen LogP contribution in [0.1, 0.15) is 92.8 Å². The van der Waals surface area contributed by atoms with Gasteiger partial charge in [0, 0.05) is 23.0 Å². The highest BCUT2D eigenvalue weighted by Crippen LogP contribution is 2.38. The predicted octanol–water partition coefficient (Wildman–Crippen LogP) is 6.40. The fourth-order valence-corrected chi connectivity index (χ4v) is 8.02. The number of hydrogen-bond donors (Lipinski definition) is 2. The molecule has 1 aromatic heterocycles. The molecule has 3 aliphatic rings. The third-order valence-electron chi connectivity index (χ3n) is 9.14. The highest BCUT2D eigenvalue weighted by Gasteiger charge is 2.28. The maximum Gasteiger partial charge on any atom is 0.274 e. The number of aryl methyl sites for hydroxylation is 2. The quantitative estimate of drug-likeness (QED) is 0.233. The number of piperidine rings is 2. The number of hydrogen-bond acceptors (Lipinski definition) is 6. The van der Waals surface area contributed by atoms with Crippen LogP contribution in [-0.2, 0) is 19.4 Å². The number of hydrazone groups is 1. The summed E-state index contributed by atoms with van der Waals surface area (Å²) >= 11 is 1.53. The summed E-state index contributed by atoms with van der Waals surface area (Å²) in [5, 5.41) is 7.93. The van der Waals surface area contributed by atoms with Crippen LogP contribution in [0.4, 0.5) is 5.00 Å². The number of thiophene rings is 1. The van der Waals surface area contributed by atoms with Gasteiger partial charge in [0.1, 0.15) is 5.00 Å². The van der Waals surface area contributed by atoms with Crippen molar-refractivity contribution in [1.82, 2.24) is 15.2 Å². The Morgan fingerprint density at radius 1 is 0.930 bits per heavy atom. The van der Waals surface area contributed by atoms with Crippen LogP contribution in [0.15, 0.2) is 53.6 Å². The summed E-state index contributed by atoms with van der Waals surface area (Å²) in [7, 11) is 0. The summed E-state index contributed by atoms with van der Waals surface area (Å²) in [5.74, 6) is -0.457. The molecular formula is C35H43N5O2S. The summed E-state index contributed by atoms with van der Waals surface area (Å²) in [6, 6.07) is 16.6. The fourth-order valence-electron chi connectivity index (χ4n) is 6.74. The number of rotatable bonds is 8. The summed E-state index contributed by atoms with van der Waals surface area (Å²) in [6.07, 6.45) is 12.1. The van der Waals surface area contributed by atoms with Crippen LogP contribution in [0, 0.1) is 6.92 Å². The second-order valence-electron chi connectivity index (χ2n) is 12.3. The largest absolute Gasteiger partial charge is 0.313 e. The summed E-state index contributed by atoms with van der Waals surface area (Å²) < 4.78 is 0. The van der Waals surface area contributed by atoms with Crippen molar-refractivity contribution in [2.75, 3.05) is 31.5 Å². The van der Waals surface area contributed by atoms with Gasteiger partial charge in [-0.15, -0.1) is 11.3 Å². The van der Waals surface area contributed by atoms with Crippen molar-refractivity contribution < 1.29 is 9.59 Å². The molecule has 0 unspecified atom stereocenters. The van der Waals surface area contributed by atoms with E-state index in [1.807, 2.05) is 49.4 Å². The maximum absolute atomic E-state index is 13.5. The van der Waals surface area contributed by atoms with Crippen molar-refractivity contribution in [3.05, 3.63) is 86.8 Å². The highest BCUT2D eigenvalue weighted by molar-refractivity contribution is 7.17. The van der Waals surface area contributed by atoms with Gasteiger partial charge in [-0.2, -0.15) is 5.10 Å². The smallest absolute Gasteiger partial charge is 0.274 e. The van der Waals surface area contributed by atoms with Crippen LogP contribution in [0.5, 0.6) is 0 Å². The van der Waals surface area contributed by atoms with E-state index in [2.05, 4.69) is 31.7 Å². The van der Waals surface area contributed by atoms with E-state index >= 15 is 0 Å². The predicted molar refractivity (Wildman–Crippen MR) is 175 cm³/mol. The minimum atomic E-state index is -0.278. The van der Waals surface area contributed by atoms with Crippen LogP contribution >= 0.6 is 11.3 Å². The number of amides is 2. The summed E-state index contributed by atoms with van der Waals surface area (Å²) in [6.45, 7) is 7.62. The molecule has 3 aromatic rings. The number of nitrogens with zero attached hydrogens (tertiary/aromatic N) is 3. The molecule has 0 spiro atoms. The van der Waals surface area contributed by atoms with E-state index in [1.54, 1.807) is 6.21 Å². The van der Waals surface area contributed by atoms with Crippen molar-refractivity contribution >= 4 is 34.4 Å². The van der Waals surface area contributed by atoms with E-state index in [-0.39, 0.29) is 11.8 Å². The Bertz CT molecular complexity index is 1450. The van der Waals surface area contributed by atoms with E-state index in [1.165, 1.54) is 67.0 Å². The molecule has 2 aromatic carbocycles. The van der Waals surface area contributed by atoms with Crippen LogP contribution in [-0.4, -0.2) is 60.0 Å². The Kier molecular flexibility index (Phi) is 9.66. The average molecular weight is 598 g/mol. The first-order valence-electron chi connectivity index (χ1n) is 15.9. The molecule has 226 valence electrons. The van der Waals surface area contributed by atoms with Crippen molar-refractivity contribution in [3.63, 3.8) is 0 Å². The number of fused-ring (bicyclic) bond motifs is 1. The van der Waals surface area contributed by atoms with Gasteiger partial charge in [0.05, 0.1) is 11.8 Å². The van der Waals surface area contributed by atoms with Crippen molar-refractivity contribution in [3.8, 4) is 0 Å². The van der Waals surface area contributed by atoms with E-state index in [9.17, 15) is 9.59 Å².